The molecule has 1 atom stereocenters. The van der Waals surface area contributed by atoms with Gasteiger partial charge in [0.2, 0.25) is 0 Å². The van der Waals surface area contributed by atoms with E-state index in [0.29, 0.717) is 0 Å². The summed E-state index contributed by atoms with van der Waals surface area (Å²) in [6.45, 7) is 0. The molecule has 9 aromatic rings. The third-order valence-electron chi connectivity index (χ3n) is 9.92. The van der Waals surface area contributed by atoms with Crippen molar-refractivity contribution in [1.82, 2.24) is 14.0 Å². The number of hydrogen-bond donors (Lipinski definition) is 0. The first-order chi connectivity index (χ1) is 20.9. The van der Waals surface area contributed by atoms with Crippen molar-refractivity contribution in [1.29, 1.82) is 0 Å². The molecule has 0 saturated carbocycles. The lowest BCUT2D eigenvalue weighted by molar-refractivity contribution is -0.960. The van der Waals surface area contributed by atoms with Gasteiger partial charge in [0.05, 0.1) is 23.3 Å². The zero-order valence-corrected chi connectivity index (χ0v) is 22.1. The topological polar surface area (TPSA) is 39.2 Å². The van der Waals surface area contributed by atoms with Crippen LogP contribution in [-0.2, 0) is 5.66 Å². The van der Waals surface area contributed by atoms with E-state index in [1.54, 1.807) is 0 Å². The second-order valence-corrected chi connectivity index (χ2v) is 11.6. The van der Waals surface area contributed by atoms with Crippen molar-refractivity contribution in [3.8, 4) is 17.3 Å². The van der Waals surface area contributed by atoms with E-state index < -0.39 is 5.66 Å². The molecule has 9 heterocycles. The molecule has 192 valence electrons. The first-order valence-electron chi connectivity index (χ1n) is 14.3. The lowest BCUT2D eigenvalue weighted by atomic mass is 9.81. The molecule has 1 spiro atoms. The van der Waals surface area contributed by atoms with Gasteiger partial charge in [0.1, 0.15) is 33.7 Å². The number of nitrogens with zero attached hydrogens (tertiary/aromatic N) is 5. The standard InChI is InChI=1S/C36H19N5O/c1-2-10-25-21(8-1)22-12-14-27-30-33(22)40(25)29-11-3-4-17-38(29)36(30)31-28(42-27)15-13-24-32-23(9-5-16-37-32)26-19-20-7-6-18-39(36)35(20)41(26)34(24)31/h1-19H/q+2. The van der Waals surface area contributed by atoms with Crippen LogP contribution < -0.4 is 13.9 Å². The highest BCUT2D eigenvalue weighted by Gasteiger charge is 2.63. The predicted octanol–water partition coefficient (Wildman–Crippen LogP) is 6.50. The number of fused-ring (bicyclic) bond motifs is 8. The molecule has 0 radical (unpaired) electrons. The van der Waals surface area contributed by atoms with Gasteiger partial charge in [-0.1, -0.05) is 18.2 Å². The van der Waals surface area contributed by atoms with E-state index in [1.807, 2.05) is 12.3 Å². The maximum atomic E-state index is 6.92. The van der Waals surface area contributed by atoms with E-state index in [2.05, 4.69) is 121 Å². The van der Waals surface area contributed by atoms with Crippen LogP contribution in [-0.4, -0.2) is 14.0 Å². The average Bonchev–Trinajstić information content (AvgIpc) is 3.61. The van der Waals surface area contributed by atoms with Crippen LogP contribution in [0, 0.1) is 0 Å². The maximum Gasteiger partial charge on any atom is 0.321 e. The largest absolute Gasteiger partial charge is 0.456 e. The first kappa shape index (κ1) is 20.2. The van der Waals surface area contributed by atoms with Crippen LogP contribution in [0.15, 0.2) is 116 Å². The summed E-state index contributed by atoms with van der Waals surface area (Å²) in [4.78, 5) is 4.95. The van der Waals surface area contributed by atoms with E-state index in [4.69, 9.17) is 9.72 Å². The molecule has 3 aliphatic rings. The molecule has 42 heavy (non-hydrogen) atoms. The Morgan fingerprint density at radius 1 is 0.643 bits per heavy atom. The van der Waals surface area contributed by atoms with Gasteiger partial charge in [-0.25, -0.2) is 0 Å². The summed E-state index contributed by atoms with van der Waals surface area (Å²) in [5.41, 5.74) is 8.49. The second-order valence-electron chi connectivity index (χ2n) is 11.6. The van der Waals surface area contributed by atoms with Crippen molar-refractivity contribution < 1.29 is 13.9 Å². The summed E-state index contributed by atoms with van der Waals surface area (Å²) in [6.07, 6.45) is 6.40. The van der Waals surface area contributed by atoms with Crippen LogP contribution in [0.5, 0.6) is 11.5 Å². The minimum atomic E-state index is -0.716. The molecule has 3 aliphatic heterocycles. The number of ether oxygens (including phenoxy) is 1. The Bertz CT molecular complexity index is 2790. The smallest absolute Gasteiger partial charge is 0.321 e. The molecule has 0 fully saturated rings. The number of benzene rings is 3. The summed E-state index contributed by atoms with van der Waals surface area (Å²) in [7, 11) is 0. The van der Waals surface area contributed by atoms with Crippen LogP contribution >= 0.6 is 0 Å². The van der Waals surface area contributed by atoms with Gasteiger partial charge in [-0.2, -0.15) is 18.1 Å². The van der Waals surface area contributed by atoms with E-state index in [-0.39, 0.29) is 0 Å². The Balaban J connectivity index is 1.46. The molecule has 0 bridgehead atoms. The van der Waals surface area contributed by atoms with Gasteiger partial charge in [0.15, 0.2) is 11.0 Å². The minimum absolute atomic E-state index is 0.716. The average molecular weight is 538 g/mol. The van der Waals surface area contributed by atoms with Crippen LogP contribution in [0.25, 0.3) is 66.0 Å². The van der Waals surface area contributed by atoms with Gasteiger partial charge < -0.3 is 4.74 Å². The van der Waals surface area contributed by atoms with Crippen molar-refractivity contribution >= 4 is 60.2 Å². The molecule has 0 N–H and O–H groups in total. The molecule has 6 aromatic heterocycles. The normalized spacial score (nSPS) is 17.3. The zero-order chi connectivity index (χ0) is 26.9. The van der Waals surface area contributed by atoms with Crippen molar-refractivity contribution in [2.45, 2.75) is 5.66 Å². The highest BCUT2D eigenvalue weighted by Crippen LogP contribution is 2.55. The molecule has 0 aliphatic carbocycles. The number of aromatic nitrogens is 5. The quantitative estimate of drug-likeness (QED) is 0.164. The van der Waals surface area contributed by atoms with Crippen LogP contribution in [0.2, 0.25) is 0 Å². The molecule has 6 nitrogen and oxygen atoms in total. The maximum absolute atomic E-state index is 6.92. The third-order valence-corrected chi connectivity index (χ3v) is 9.92. The second kappa shape index (κ2) is 6.26. The summed E-state index contributed by atoms with van der Waals surface area (Å²) < 4.78 is 16.8. The van der Waals surface area contributed by atoms with E-state index in [1.165, 1.54) is 38.4 Å². The lowest BCUT2D eigenvalue weighted by Gasteiger charge is -2.40. The van der Waals surface area contributed by atoms with Crippen molar-refractivity contribution in [3.05, 3.63) is 127 Å². The molecule has 3 aromatic carbocycles. The van der Waals surface area contributed by atoms with Gasteiger partial charge in [-0.15, -0.1) is 0 Å². The van der Waals surface area contributed by atoms with Gasteiger partial charge in [-0.05, 0) is 66.7 Å². The minimum Gasteiger partial charge on any atom is -0.456 e. The summed E-state index contributed by atoms with van der Waals surface area (Å²) in [5.74, 6) is 2.89. The number of para-hydroxylation sites is 1. The van der Waals surface area contributed by atoms with E-state index in [9.17, 15) is 0 Å². The van der Waals surface area contributed by atoms with Crippen molar-refractivity contribution in [2.24, 2.45) is 0 Å². The molecule has 0 amide bonds. The molecule has 0 saturated heterocycles. The van der Waals surface area contributed by atoms with E-state index >= 15 is 0 Å². The van der Waals surface area contributed by atoms with Crippen molar-refractivity contribution in [3.63, 3.8) is 0 Å². The summed E-state index contributed by atoms with van der Waals surface area (Å²) in [6, 6.07) is 35.0. The number of pyridine rings is 4. The number of hydrogen-bond acceptors (Lipinski definition) is 2. The fourth-order valence-corrected chi connectivity index (χ4v) is 8.55. The van der Waals surface area contributed by atoms with Gasteiger partial charge in [0.25, 0.3) is 11.5 Å². The molecule has 6 heteroatoms. The van der Waals surface area contributed by atoms with Crippen LogP contribution in [0.3, 0.4) is 0 Å². The lowest BCUT2D eigenvalue weighted by Crippen LogP contribution is -2.78. The Hall–Kier alpha value is -5.75. The highest BCUT2D eigenvalue weighted by atomic mass is 16.5. The third kappa shape index (κ3) is 1.85. The molecular formula is C36H19N5O+2. The summed E-state index contributed by atoms with van der Waals surface area (Å²) >= 11 is 0. The Kier molecular flexibility index (Phi) is 3.01. The number of rotatable bonds is 0. The highest BCUT2D eigenvalue weighted by molar-refractivity contribution is 6.16. The predicted molar refractivity (Wildman–Crippen MR) is 161 cm³/mol. The molecule has 1 unspecified atom stereocenters. The Morgan fingerprint density at radius 3 is 2.40 bits per heavy atom. The molecule has 12 rings (SSSR count). The van der Waals surface area contributed by atoms with Crippen molar-refractivity contribution in [2.75, 3.05) is 0 Å². The monoisotopic (exact) mass is 537 g/mol. The van der Waals surface area contributed by atoms with E-state index in [0.717, 1.165) is 50.2 Å². The SMILES string of the molecule is c1cc[n+]2c(c1)-n1c3ccccc3c3ccc4c(c31)C21c2c(ccc3c5ncccc5c5cc6ccc[n+]1c6n5c23)O4. The zero-order valence-electron chi connectivity index (χ0n) is 22.1. The van der Waals surface area contributed by atoms with Crippen LogP contribution in [0.1, 0.15) is 11.1 Å². The summed E-state index contributed by atoms with van der Waals surface area (Å²) in [5, 5.41) is 5.96. The Morgan fingerprint density at radius 2 is 1.45 bits per heavy atom. The molecular weight excluding hydrogens is 518 g/mol. The fraction of sp³-hybridized carbons (Fsp3) is 0.0278. The first-order valence-corrected chi connectivity index (χ1v) is 14.3. The fourth-order valence-electron chi connectivity index (χ4n) is 8.55. The van der Waals surface area contributed by atoms with Gasteiger partial charge in [0, 0.05) is 39.9 Å². The Labute approximate surface area is 237 Å². The van der Waals surface area contributed by atoms with Gasteiger partial charge in [-0.3, -0.25) is 4.98 Å². The van der Waals surface area contributed by atoms with Crippen LogP contribution in [0.4, 0.5) is 0 Å². The van der Waals surface area contributed by atoms with Gasteiger partial charge >= 0.3 is 5.66 Å².